The lowest BCUT2D eigenvalue weighted by Crippen LogP contribution is -2.41. The number of anilines is 2. The Kier molecular flexibility index (Phi) is 5.84. The van der Waals surface area contributed by atoms with Gasteiger partial charge in [0, 0.05) is 24.8 Å². The molecule has 160 valence electrons. The minimum Gasteiger partial charge on any atom is -0.354 e. The lowest BCUT2D eigenvalue weighted by atomic mass is 9.97. The summed E-state index contributed by atoms with van der Waals surface area (Å²) in [7, 11) is 0. The second-order valence-electron chi connectivity index (χ2n) is 8.07. The lowest BCUT2D eigenvalue weighted by Gasteiger charge is -2.33. The average Bonchev–Trinajstić information content (AvgIpc) is 2.74. The van der Waals surface area contributed by atoms with Crippen LogP contribution in [-0.4, -0.2) is 28.8 Å². The summed E-state index contributed by atoms with van der Waals surface area (Å²) in [6.07, 6.45) is 1.65. The first-order chi connectivity index (χ1) is 14.9. The minimum absolute atomic E-state index is 0.0124. The van der Waals surface area contributed by atoms with Crippen LogP contribution in [0, 0.1) is 25.6 Å². The van der Waals surface area contributed by atoms with Gasteiger partial charge in [-0.1, -0.05) is 6.07 Å². The molecule has 1 saturated heterocycles. The van der Waals surface area contributed by atoms with Crippen LogP contribution in [0.2, 0.25) is 0 Å². The van der Waals surface area contributed by atoms with Gasteiger partial charge in [-0.25, -0.2) is 4.39 Å². The van der Waals surface area contributed by atoms with Gasteiger partial charge in [0.1, 0.15) is 11.6 Å². The summed E-state index contributed by atoms with van der Waals surface area (Å²) in [6, 6.07) is 14.7. The summed E-state index contributed by atoms with van der Waals surface area (Å²) in [5, 5.41) is 7.51. The molecule has 0 radical (unpaired) electrons. The van der Waals surface area contributed by atoms with Crippen molar-refractivity contribution in [3.8, 4) is 5.69 Å². The molecule has 1 atom stereocenters. The third-order valence-corrected chi connectivity index (χ3v) is 5.46. The Morgan fingerprint density at radius 1 is 1.06 bits per heavy atom. The third kappa shape index (κ3) is 4.82. The normalized spacial score (nSPS) is 16.2. The Hall–Kier alpha value is -3.48. The number of aryl methyl sites for hydroxylation is 2. The summed E-state index contributed by atoms with van der Waals surface area (Å²) >= 11 is 0. The van der Waals surface area contributed by atoms with Gasteiger partial charge in [0.05, 0.1) is 11.6 Å². The molecule has 1 aliphatic rings. The molecule has 0 bridgehead atoms. The molecule has 1 fully saturated rings. The number of hydrogen-bond donors (Lipinski definition) is 1. The van der Waals surface area contributed by atoms with Crippen molar-refractivity contribution < 1.29 is 9.18 Å². The molecule has 1 unspecified atom stereocenters. The molecule has 1 N–H and O–H groups in total. The fraction of sp³-hybridized carbons (Fsp3) is 0.292. The molecular formula is C24H25FN4O2. The van der Waals surface area contributed by atoms with Crippen LogP contribution in [-0.2, 0) is 4.79 Å². The van der Waals surface area contributed by atoms with Crippen LogP contribution in [0.25, 0.3) is 5.69 Å². The number of rotatable bonds is 4. The van der Waals surface area contributed by atoms with Gasteiger partial charge in [-0.3, -0.25) is 9.59 Å². The first-order valence-electron chi connectivity index (χ1n) is 10.4. The van der Waals surface area contributed by atoms with Crippen molar-refractivity contribution in [3.63, 3.8) is 0 Å². The van der Waals surface area contributed by atoms with Crippen LogP contribution in [0.3, 0.4) is 0 Å². The third-order valence-electron chi connectivity index (χ3n) is 5.46. The number of piperidine rings is 1. The Morgan fingerprint density at radius 2 is 1.77 bits per heavy atom. The molecular weight excluding hydrogens is 395 g/mol. The van der Waals surface area contributed by atoms with Gasteiger partial charge >= 0.3 is 0 Å². The summed E-state index contributed by atoms with van der Waals surface area (Å²) in [6.45, 7) is 5.28. The molecule has 1 amide bonds. The van der Waals surface area contributed by atoms with E-state index in [0.717, 1.165) is 36.2 Å². The van der Waals surface area contributed by atoms with Crippen molar-refractivity contribution in [2.45, 2.75) is 26.7 Å². The Morgan fingerprint density at radius 3 is 2.48 bits per heavy atom. The van der Waals surface area contributed by atoms with E-state index in [9.17, 15) is 14.0 Å². The minimum atomic E-state index is -0.373. The number of carbonyl (C=O) groups excluding carboxylic acids is 1. The Balaban J connectivity index is 1.52. The molecule has 2 heterocycles. The van der Waals surface area contributed by atoms with E-state index in [0.29, 0.717) is 18.1 Å². The maximum absolute atomic E-state index is 13.2. The number of nitrogens with one attached hydrogen (secondary N) is 1. The Bertz CT molecular complexity index is 1140. The second kappa shape index (κ2) is 8.71. The molecule has 1 aromatic heterocycles. The van der Waals surface area contributed by atoms with Crippen LogP contribution in [0.1, 0.15) is 24.0 Å². The maximum Gasteiger partial charge on any atom is 0.271 e. The van der Waals surface area contributed by atoms with E-state index in [4.69, 9.17) is 0 Å². The highest BCUT2D eigenvalue weighted by atomic mass is 19.1. The summed E-state index contributed by atoms with van der Waals surface area (Å²) in [5.74, 6) is 0.0543. The van der Waals surface area contributed by atoms with E-state index in [1.807, 2.05) is 30.9 Å². The monoisotopic (exact) mass is 420 g/mol. The van der Waals surface area contributed by atoms with Gasteiger partial charge in [0.2, 0.25) is 5.91 Å². The van der Waals surface area contributed by atoms with E-state index >= 15 is 0 Å². The molecule has 6 nitrogen and oxygen atoms in total. The van der Waals surface area contributed by atoms with Gasteiger partial charge in [0.15, 0.2) is 0 Å². The average molecular weight is 420 g/mol. The number of nitrogens with zero attached hydrogens (tertiary/aromatic N) is 3. The highest BCUT2D eigenvalue weighted by Gasteiger charge is 2.27. The van der Waals surface area contributed by atoms with Crippen LogP contribution in [0.4, 0.5) is 15.9 Å². The fourth-order valence-corrected chi connectivity index (χ4v) is 4.03. The number of aromatic nitrogens is 2. The number of carbonyl (C=O) groups is 1. The van der Waals surface area contributed by atoms with E-state index in [1.54, 1.807) is 6.07 Å². The maximum atomic E-state index is 13.2. The van der Waals surface area contributed by atoms with Crippen molar-refractivity contribution in [2.24, 2.45) is 5.92 Å². The molecule has 0 aliphatic carbocycles. The quantitative estimate of drug-likeness (QED) is 0.696. The highest BCUT2D eigenvalue weighted by Crippen LogP contribution is 2.23. The van der Waals surface area contributed by atoms with Crippen molar-refractivity contribution in [1.82, 2.24) is 9.78 Å². The van der Waals surface area contributed by atoms with E-state index in [2.05, 4.69) is 16.5 Å². The zero-order valence-electron chi connectivity index (χ0n) is 17.6. The molecule has 7 heteroatoms. The molecule has 2 aromatic carbocycles. The number of benzene rings is 2. The number of halogens is 1. The van der Waals surface area contributed by atoms with E-state index < -0.39 is 0 Å². The predicted octanol–water partition coefficient (Wildman–Crippen LogP) is 3.84. The van der Waals surface area contributed by atoms with Gasteiger partial charge in [0.25, 0.3) is 5.56 Å². The van der Waals surface area contributed by atoms with Crippen LogP contribution < -0.4 is 15.8 Å². The predicted molar refractivity (Wildman–Crippen MR) is 119 cm³/mol. The van der Waals surface area contributed by atoms with Gasteiger partial charge in [-0.05, 0) is 80.3 Å². The zero-order valence-corrected chi connectivity index (χ0v) is 17.6. The molecule has 0 saturated carbocycles. The molecule has 0 spiro atoms. The van der Waals surface area contributed by atoms with Gasteiger partial charge < -0.3 is 10.2 Å². The standard InChI is InChI=1S/C24H25FN4O2/c1-16-12-17(2)14-20(13-16)26-24(31)18-4-3-11-28(15-18)22-9-10-23(30)29(27-22)21-7-5-19(25)6-8-21/h5-10,12-14,18H,3-4,11,15H2,1-2H3,(H,26,31). The fourth-order valence-electron chi connectivity index (χ4n) is 4.03. The van der Waals surface area contributed by atoms with Crippen LogP contribution in [0.15, 0.2) is 59.4 Å². The first kappa shape index (κ1) is 20.8. The SMILES string of the molecule is Cc1cc(C)cc(NC(=O)C2CCCN(c3ccc(=O)n(-c4ccc(F)cc4)n3)C2)c1. The van der Waals surface area contributed by atoms with Gasteiger partial charge in [-0.2, -0.15) is 4.68 Å². The smallest absolute Gasteiger partial charge is 0.271 e. The lowest BCUT2D eigenvalue weighted by molar-refractivity contribution is -0.120. The van der Waals surface area contributed by atoms with Crippen molar-refractivity contribution in [2.75, 3.05) is 23.3 Å². The van der Waals surface area contributed by atoms with Crippen molar-refractivity contribution >= 4 is 17.4 Å². The first-order valence-corrected chi connectivity index (χ1v) is 10.4. The van der Waals surface area contributed by atoms with Crippen LogP contribution in [0.5, 0.6) is 0 Å². The van der Waals surface area contributed by atoms with Crippen molar-refractivity contribution in [1.29, 1.82) is 0 Å². The number of amides is 1. The molecule has 3 aromatic rings. The Labute approximate surface area is 180 Å². The topological polar surface area (TPSA) is 67.2 Å². The summed E-state index contributed by atoms with van der Waals surface area (Å²) in [5.41, 5.74) is 3.22. The van der Waals surface area contributed by atoms with E-state index in [-0.39, 0.29) is 23.2 Å². The summed E-state index contributed by atoms with van der Waals surface area (Å²) in [4.78, 5) is 27.2. The van der Waals surface area contributed by atoms with Gasteiger partial charge in [-0.15, -0.1) is 5.10 Å². The highest BCUT2D eigenvalue weighted by molar-refractivity contribution is 5.93. The largest absolute Gasteiger partial charge is 0.354 e. The van der Waals surface area contributed by atoms with Crippen LogP contribution >= 0.6 is 0 Å². The molecule has 4 rings (SSSR count). The summed E-state index contributed by atoms with van der Waals surface area (Å²) < 4.78 is 14.5. The molecule has 1 aliphatic heterocycles. The molecule has 31 heavy (non-hydrogen) atoms. The second-order valence-corrected chi connectivity index (χ2v) is 8.07. The van der Waals surface area contributed by atoms with Crippen molar-refractivity contribution in [3.05, 3.63) is 81.9 Å². The zero-order chi connectivity index (χ0) is 22.0. The number of hydrogen-bond acceptors (Lipinski definition) is 4. The van der Waals surface area contributed by atoms with E-state index in [1.165, 1.54) is 35.0 Å².